The maximum atomic E-state index is 9.82. The predicted molar refractivity (Wildman–Crippen MR) is 55.8 cm³/mol. The molecule has 0 spiro atoms. The average molecular weight is 202 g/mol. The Labute approximate surface area is 85.9 Å². The average Bonchev–Trinajstić information content (AvgIpc) is 2.19. The molecule has 3 N–H and O–H groups in total. The van der Waals surface area contributed by atoms with Crippen molar-refractivity contribution in [3.63, 3.8) is 0 Å². The molecule has 0 aromatic heterocycles. The highest BCUT2D eigenvalue weighted by Gasteiger charge is 2.31. The zero-order valence-electron chi connectivity index (χ0n) is 9.00. The van der Waals surface area contributed by atoms with Gasteiger partial charge in [0.25, 0.3) is 0 Å². The maximum absolute atomic E-state index is 9.82. The Bertz CT molecular complexity index is 156. The van der Waals surface area contributed by atoms with Crippen molar-refractivity contribution in [3.8, 4) is 0 Å². The number of piperazine rings is 1. The van der Waals surface area contributed by atoms with Crippen LogP contribution in [-0.2, 0) is 0 Å². The number of nitrogens with zero attached hydrogens (tertiary/aromatic N) is 1. The summed E-state index contributed by atoms with van der Waals surface area (Å²) in [6.07, 6.45) is 3.51. The summed E-state index contributed by atoms with van der Waals surface area (Å²) in [4.78, 5) is 1.75. The van der Waals surface area contributed by atoms with Crippen LogP contribution in [-0.4, -0.2) is 47.2 Å². The molecule has 0 unspecified atom stereocenters. The minimum atomic E-state index is -1.59. The van der Waals surface area contributed by atoms with Crippen molar-refractivity contribution in [2.45, 2.75) is 38.5 Å². The van der Waals surface area contributed by atoms with E-state index in [2.05, 4.69) is 12.2 Å². The van der Waals surface area contributed by atoms with Gasteiger partial charge in [-0.05, 0) is 6.42 Å². The van der Waals surface area contributed by atoms with Gasteiger partial charge in [-0.2, -0.15) is 0 Å². The highest BCUT2D eigenvalue weighted by atomic mass is 16.5. The van der Waals surface area contributed by atoms with Gasteiger partial charge in [-0.3, -0.25) is 4.90 Å². The van der Waals surface area contributed by atoms with Crippen LogP contribution in [0.3, 0.4) is 0 Å². The Kier molecular flexibility index (Phi) is 4.81. The molecule has 4 heteroatoms. The maximum Gasteiger partial charge on any atom is 0.224 e. The van der Waals surface area contributed by atoms with Crippen LogP contribution < -0.4 is 5.32 Å². The predicted octanol–water partition coefficient (Wildman–Crippen LogP) is 0.110. The van der Waals surface area contributed by atoms with Crippen LogP contribution in [0, 0.1) is 0 Å². The fourth-order valence-corrected chi connectivity index (χ4v) is 1.79. The molecule has 1 aliphatic rings. The van der Waals surface area contributed by atoms with E-state index in [1.165, 1.54) is 0 Å². The lowest BCUT2D eigenvalue weighted by molar-refractivity contribution is -0.270. The van der Waals surface area contributed by atoms with Gasteiger partial charge in [0, 0.05) is 32.6 Å². The first kappa shape index (κ1) is 11.9. The number of nitrogens with one attached hydrogen (secondary N) is 1. The molecule has 4 nitrogen and oxygen atoms in total. The molecule has 0 aliphatic carbocycles. The lowest BCUT2D eigenvalue weighted by Gasteiger charge is -2.37. The van der Waals surface area contributed by atoms with Gasteiger partial charge in [0.05, 0.1) is 0 Å². The highest BCUT2D eigenvalue weighted by Crippen LogP contribution is 2.17. The number of hydrogen-bond donors (Lipinski definition) is 3. The van der Waals surface area contributed by atoms with E-state index in [0.717, 1.165) is 45.4 Å². The third-order valence-corrected chi connectivity index (χ3v) is 2.74. The molecular weight excluding hydrogens is 180 g/mol. The standard InChI is InChI=1S/C10H22N2O2/c1-2-3-4-5-10(13,14)12-8-6-11-7-9-12/h11,13-14H,2-9H2,1H3. The van der Waals surface area contributed by atoms with Gasteiger partial charge in [-0.15, -0.1) is 0 Å². The van der Waals surface area contributed by atoms with E-state index >= 15 is 0 Å². The van der Waals surface area contributed by atoms with Gasteiger partial charge in [0.1, 0.15) is 0 Å². The van der Waals surface area contributed by atoms with E-state index in [-0.39, 0.29) is 0 Å². The Hall–Kier alpha value is -0.160. The van der Waals surface area contributed by atoms with Crippen LogP contribution in [0.25, 0.3) is 0 Å². The fraction of sp³-hybridized carbons (Fsp3) is 1.00. The van der Waals surface area contributed by atoms with Crippen molar-refractivity contribution in [3.05, 3.63) is 0 Å². The Morgan fingerprint density at radius 1 is 1.21 bits per heavy atom. The molecule has 0 aromatic carbocycles. The van der Waals surface area contributed by atoms with Crippen LogP contribution in [0.4, 0.5) is 0 Å². The second kappa shape index (κ2) is 5.66. The second-order valence-electron chi connectivity index (χ2n) is 3.97. The topological polar surface area (TPSA) is 55.7 Å². The molecule has 0 bridgehead atoms. The zero-order chi connectivity index (χ0) is 10.4. The van der Waals surface area contributed by atoms with Crippen molar-refractivity contribution in [2.24, 2.45) is 0 Å². The SMILES string of the molecule is CCCCCC(O)(O)N1CCNCC1. The van der Waals surface area contributed by atoms with Gasteiger partial charge < -0.3 is 15.5 Å². The monoisotopic (exact) mass is 202 g/mol. The third kappa shape index (κ3) is 3.53. The summed E-state index contributed by atoms with van der Waals surface area (Å²) in [6.45, 7) is 5.24. The fourth-order valence-electron chi connectivity index (χ4n) is 1.79. The molecule has 0 radical (unpaired) electrons. The third-order valence-electron chi connectivity index (χ3n) is 2.74. The summed E-state index contributed by atoms with van der Waals surface area (Å²) in [5.74, 6) is -1.59. The summed E-state index contributed by atoms with van der Waals surface area (Å²) in [5.41, 5.74) is 0. The van der Waals surface area contributed by atoms with Crippen LogP contribution in [0.15, 0.2) is 0 Å². The van der Waals surface area contributed by atoms with Crippen molar-refractivity contribution in [1.29, 1.82) is 0 Å². The zero-order valence-corrected chi connectivity index (χ0v) is 9.00. The van der Waals surface area contributed by atoms with Crippen LogP contribution >= 0.6 is 0 Å². The molecule has 0 aromatic rings. The van der Waals surface area contributed by atoms with Gasteiger partial charge >= 0.3 is 0 Å². The molecule has 0 amide bonds. The smallest absolute Gasteiger partial charge is 0.224 e. The summed E-state index contributed by atoms with van der Waals surface area (Å²) in [6, 6.07) is 0. The van der Waals surface area contributed by atoms with Crippen molar-refractivity contribution in [2.75, 3.05) is 26.2 Å². The molecule has 1 heterocycles. The summed E-state index contributed by atoms with van der Waals surface area (Å²) in [5, 5.41) is 22.8. The first-order chi connectivity index (χ1) is 6.67. The van der Waals surface area contributed by atoms with Crippen molar-refractivity contribution < 1.29 is 10.2 Å². The van der Waals surface area contributed by atoms with Gasteiger partial charge in [-0.25, -0.2) is 0 Å². The molecule has 84 valence electrons. The number of aliphatic hydroxyl groups is 2. The van der Waals surface area contributed by atoms with Crippen LogP contribution in [0.5, 0.6) is 0 Å². The van der Waals surface area contributed by atoms with E-state index in [9.17, 15) is 10.2 Å². The van der Waals surface area contributed by atoms with Gasteiger partial charge in [-0.1, -0.05) is 19.8 Å². The van der Waals surface area contributed by atoms with E-state index in [1.807, 2.05) is 0 Å². The summed E-state index contributed by atoms with van der Waals surface area (Å²) >= 11 is 0. The first-order valence-corrected chi connectivity index (χ1v) is 5.57. The molecule has 0 saturated carbocycles. The lowest BCUT2D eigenvalue weighted by atomic mass is 10.1. The molecule has 1 aliphatic heterocycles. The molecule has 14 heavy (non-hydrogen) atoms. The molecular formula is C10H22N2O2. The van der Waals surface area contributed by atoms with Crippen molar-refractivity contribution >= 4 is 0 Å². The molecule has 0 atom stereocenters. The van der Waals surface area contributed by atoms with Crippen LogP contribution in [0.2, 0.25) is 0 Å². The number of rotatable bonds is 5. The summed E-state index contributed by atoms with van der Waals surface area (Å²) < 4.78 is 0. The van der Waals surface area contributed by atoms with Gasteiger partial charge in [0.2, 0.25) is 5.91 Å². The van der Waals surface area contributed by atoms with Gasteiger partial charge in [0.15, 0.2) is 0 Å². The van der Waals surface area contributed by atoms with Crippen molar-refractivity contribution in [1.82, 2.24) is 10.2 Å². The highest BCUT2D eigenvalue weighted by molar-refractivity contribution is 4.74. The molecule has 1 fully saturated rings. The van der Waals surface area contributed by atoms with E-state index in [1.54, 1.807) is 4.90 Å². The Balaban J connectivity index is 2.29. The van der Waals surface area contributed by atoms with E-state index < -0.39 is 5.91 Å². The van der Waals surface area contributed by atoms with Crippen LogP contribution in [0.1, 0.15) is 32.6 Å². The Morgan fingerprint density at radius 3 is 2.43 bits per heavy atom. The molecule has 1 saturated heterocycles. The number of unbranched alkanes of at least 4 members (excludes halogenated alkanes) is 2. The number of hydrogen-bond acceptors (Lipinski definition) is 4. The lowest BCUT2D eigenvalue weighted by Crippen LogP contribution is -2.56. The minimum absolute atomic E-state index is 0.459. The first-order valence-electron chi connectivity index (χ1n) is 5.57. The Morgan fingerprint density at radius 2 is 1.86 bits per heavy atom. The van der Waals surface area contributed by atoms with E-state index in [4.69, 9.17) is 0 Å². The summed E-state index contributed by atoms with van der Waals surface area (Å²) in [7, 11) is 0. The van der Waals surface area contributed by atoms with E-state index in [0.29, 0.717) is 6.42 Å². The largest absolute Gasteiger partial charge is 0.353 e. The molecule has 1 rings (SSSR count). The second-order valence-corrected chi connectivity index (χ2v) is 3.97. The minimum Gasteiger partial charge on any atom is -0.353 e. The quantitative estimate of drug-likeness (QED) is 0.437. The normalized spacial score (nSPS) is 19.9.